The van der Waals surface area contributed by atoms with Gasteiger partial charge >= 0.3 is 5.97 Å². The molecule has 164 valence electrons. The first kappa shape index (κ1) is 21.6. The van der Waals surface area contributed by atoms with Crippen LogP contribution in [0.4, 0.5) is 11.4 Å². The number of carboxylic acids is 1. The maximum Gasteiger partial charge on any atom is 0.337 e. The van der Waals surface area contributed by atoms with Crippen LogP contribution in [0.5, 0.6) is 5.75 Å². The minimum Gasteiger partial charge on any atom is -0.483 e. The zero-order chi connectivity index (χ0) is 23.2. The summed E-state index contributed by atoms with van der Waals surface area (Å²) in [5, 5.41) is 16.5. The summed E-state index contributed by atoms with van der Waals surface area (Å²) in [4.78, 5) is 36.4. The number of benzene rings is 4. The summed E-state index contributed by atoms with van der Waals surface area (Å²) in [7, 11) is 0. The lowest BCUT2D eigenvalue weighted by molar-refractivity contribution is -0.118. The van der Waals surface area contributed by atoms with Gasteiger partial charge in [0.2, 0.25) is 0 Å². The van der Waals surface area contributed by atoms with Crippen LogP contribution < -0.4 is 15.4 Å². The largest absolute Gasteiger partial charge is 0.483 e. The number of carbonyl (C=O) groups excluding carboxylic acids is 2. The Kier molecular flexibility index (Phi) is 6.31. The first-order valence-corrected chi connectivity index (χ1v) is 10.2. The molecule has 0 fully saturated rings. The van der Waals surface area contributed by atoms with Crippen molar-refractivity contribution in [3.05, 3.63) is 102 Å². The van der Waals surface area contributed by atoms with Crippen molar-refractivity contribution in [2.45, 2.75) is 0 Å². The molecule has 0 atom stereocenters. The zero-order valence-corrected chi connectivity index (χ0v) is 17.4. The van der Waals surface area contributed by atoms with Crippen LogP contribution in [-0.4, -0.2) is 29.5 Å². The molecule has 0 saturated carbocycles. The van der Waals surface area contributed by atoms with Gasteiger partial charge in [-0.25, -0.2) is 4.79 Å². The summed E-state index contributed by atoms with van der Waals surface area (Å²) in [6.45, 7) is -0.198. The van der Waals surface area contributed by atoms with Crippen LogP contribution in [0.25, 0.3) is 10.8 Å². The monoisotopic (exact) mass is 440 g/mol. The number of fused-ring (bicyclic) bond motifs is 1. The molecular formula is C26H20N2O5. The van der Waals surface area contributed by atoms with E-state index in [9.17, 15) is 19.5 Å². The molecule has 0 aliphatic heterocycles. The minimum atomic E-state index is -1.14. The molecule has 7 nitrogen and oxygen atoms in total. The topological polar surface area (TPSA) is 105 Å². The molecule has 0 heterocycles. The number of amides is 2. The summed E-state index contributed by atoms with van der Waals surface area (Å²) in [6, 6.07) is 25.8. The number of hydrogen-bond acceptors (Lipinski definition) is 4. The van der Waals surface area contributed by atoms with Gasteiger partial charge in [-0.05, 0) is 41.8 Å². The summed E-state index contributed by atoms with van der Waals surface area (Å²) >= 11 is 0. The van der Waals surface area contributed by atoms with Gasteiger partial charge in [0.25, 0.3) is 11.8 Å². The molecule has 2 amide bonds. The van der Waals surface area contributed by atoms with Gasteiger partial charge in [0.05, 0.1) is 11.3 Å². The summed E-state index contributed by atoms with van der Waals surface area (Å²) < 4.78 is 5.70. The molecule has 4 rings (SSSR count). The van der Waals surface area contributed by atoms with Gasteiger partial charge in [-0.1, -0.05) is 54.6 Å². The van der Waals surface area contributed by atoms with E-state index in [2.05, 4.69) is 10.6 Å². The molecular weight excluding hydrogens is 420 g/mol. The smallest absolute Gasteiger partial charge is 0.337 e. The van der Waals surface area contributed by atoms with Gasteiger partial charge in [-0.15, -0.1) is 0 Å². The Balaban J connectivity index is 1.41. The van der Waals surface area contributed by atoms with Crippen molar-refractivity contribution in [2.24, 2.45) is 0 Å². The number of hydrogen-bond donors (Lipinski definition) is 3. The predicted octanol–water partition coefficient (Wildman–Crippen LogP) is 4.81. The van der Waals surface area contributed by atoms with Gasteiger partial charge in [-0.2, -0.15) is 0 Å². The first-order valence-electron chi connectivity index (χ1n) is 10.2. The third kappa shape index (κ3) is 5.16. The number of nitrogens with one attached hydrogen (secondary N) is 2. The standard InChI is InChI=1S/C26H20N2O5/c29-24(16-33-23-14-6-8-17-7-1-2-11-20(17)23)27-19-10-5-9-18(15-19)25(30)28-22-13-4-3-12-21(22)26(31)32/h1-15H,16H2,(H,27,29)(H,28,30)(H,31,32). The van der Waals surface area contributed by atoms with Crippen molar-refractivity contribution in [2.75, 3.05) is 17.2 Å². The van der Waals surface area contributed by atoms with E-state index in [0.717, 1.165) is 10.8 Å². The second kappa shape index (κ2) is 9.65. The fourth-order valence-corrected chi connectivity index (χ4v) is 3.37. The third-order valence-electron chi connectivity index (χ3n) is 4.92. The van der Waals surface area contributed by atoms with E-state index in [-0.39, 0.29) is 29.3 Å². The van der Waals surface area contributed by atoms with Crippen LogP contribution in [0, 0.1) is 0 Å². The van der Waals surface area contributed by atoms with E-state index >= 15 is 0 Å². The van der Waals surface area contributed by atoms with E-state index in [4.69, 9.17) is 4.74 Å². The lowest BCUT2D eigenvalue weighted by Gasteiger charge is -2.11. The van der Waals surface area contributed by atoms with Crippen molar-refractivity contribution >= 4 is 39.9 Å². The molecule has 0 bridgehead atoms. The van der Waals surface area contributed by atoms with Crippen LogP contribution in [0.2, 0.25) is 0 Å². The Bertz CT molecular complexity index is 1340. The molecule has 0 spiro atoms. The Labute approximate surface area is 189 Å². The SMILES string of the molecule is O=C(COc1cccc2ccccc12)Nc1cccc(C(=O)Nc2ccccc2C(=O)O)c1. The lowest BCUT2D eigenvalue weighted by Crippen LogP contribution is -2.21. The molecule has 7 heteroatoms. The molecule has 33 heavy (non-hydrogen) atoms. The van der Waals surface area contributed by atoms with Crippen LogP contribution >= 0.6 is 0 Å². The highest BCUT2D eigenvalue weighted by Gasteiger charge is 2.14. The summed E-state index contributed by atoms with van der Waals surface area (Å²) in [5.41, 5.74) is 0.859. The van der Waals surface area contributed by atoms with E-state index in [1.165, 1.54) is 18.2 Å². The van der Waals surface area contributed by atoms with Crippen LogP contribution in [0.15, 0.2) is 91.0 Å². The van der Waals surface area contributed by atoms with Crippen LogP contribution in [0.3, 0.4) is 0 Å². The van der Waals surface area contributed by atoms with E-state index < -0.39 is 11.9 Å². The number of rotatable bonds is 7. The maximum atomic E-state index is 12.6. The van der Waals surface area contributed by atoms with Gasteiger partial charge in [0.15, 0.2) is 6.61 Å². The quantitative estimate of drug-likeness (QED) is 0.383. The Morgan fingerprint density at radius 3 is 2.36 bits per heavy atom. The molecule has 0 saturated heterocycles. The molecule has 0 unspecified atom stereocenters. The van der Waals surface area contributed by atoms with Gasteiger partial charge in [0.1, 0.15) is 5.75 Å². The van der Waals surface area contributed by atoms with Crippen molar-refractivity contribution in [3.8, 4) is 5.75 Å². The minimum absolute atomic E-state index is 0.0131. The number of ether oxygens (including phenoxy) is 1. The van der Waals surface area contributed by atoms with Crippen molar-refractivity contribution in [1.82, 2.24) is 0 Å². The average molecular weight is 440 g/mol. The van der Waals surface area contributed by atoms with Crippen molar-refractivity contribution in [3.63, 3.8) is 0 Å². The summed E-state index contributed by atoms with van der Waals surface area (Å²) in [5.74, 6) is -1.41. The third-order valence-corrected chi connectivity index (χ3v) is 4.92. The number of carboxylic acid groups (broad SMARTS) is 1. The van der Waals surface area contributed by atoms with Gasteiger partial charge < -0.3 is 20.5 Å². The van der Waals surface area contributed by atoms with Crippen LogP contribution in [-0.2, 0) is 4.79 Å². The van der Waals surface area contributed by atoms with Gasteiger partial charge in [0, 0.05) is 16.6 Å². The number of anilines is 2. The fraction of sp³-hybridized carbons (Fsp3) is 0.0385. The molecule has 4 aromatic rings. The summed E-state index contributed by atoms with van der Waals surface area (Å²) in [6.07, 6.45) is 0. The predicted molar refractivity (Wildman–Crippen MR) is 126 cm³/mol. The van der Waals surface area contributed by atoms with E-state index in [0.29, 0.717) is 11.4 Å². The van der Waals surface area contributed by atoms with E-state index in [1.807, 2.05) is 36.4 Å². The number of para-hydroxylation sites is 1. The molecule has 0 aliphatic rings. The first-order chi connectivity index (χ1) is 16.0. The highest BCUT2D eigenvalue weighted by atomic mass is 16.5. The highest BCUT2D eigenvalue weighted by molar-refractivity contribution is 6.08. The average Bonchev–Trinajstić information content (AvgIpc) is 2.83. The molecule has 3 N–H and O–H groups in total. The lowest BCUT2D eigenvalue weighted by atomic mass is 10.1. The Morgan fingerprint density at radius 2 is 1.52 bits per heavy atom. The second-order valence-electron chi connectivity index (χ2n) is 7.20. The maximum absolute atomic E-state index is 12.6. The molecule has 0 aliphatic carbocycles. The number of carbonyl (C=O) groups is 3. The van der Waals surface area contributed by atoms with Crippen LogP contribution in [0.1, 0.15) is 20.7 Å². The van der Waals surface area contributed by atoms with Gasteiger partial charge in [-0.3, -0.25) is 9.59 Å². The normalized spacial score (nSPS) is 10.4. The van der Waals surface area contributed by atoms with Crippen molar-refractivity contribution in [1.29, 1.82) is 0 Å². The molecule has 0 radical (unpaired) electrons. The number of aromatic carboxylic acids is 1. The fourth-order valence-electron chi connectivity index (χ4n) is 3.37. The Morgan fingerprint density at radius 1 is 0.788 bits per heavy atom. The van der Waals surface area contributed by atoms with Crippen molar-refractivity contribution < 1.29 is 24.2 Å². The molecule has 0 aromatic heterocycles. The molecule has 4 aromatic carbocycles. The second-order valence-corrected chi connectivity index (χ2v) is 7.20. The van der Waals surface area contributed by atoms with E-state index in [1.54, 1.807) is 36.4 Å². The Hall–Kier alpha value is -4.65. The zero-order valence-electron chi connectivity index (χ0n) is 17.4. The highest BCUT2D eigenvalue weighted by Crippen LogP contribution is 2.25.